The highest BCUT2D eigenvalue weighted by molar-refractivity contribution is 6.30. The minimum atomic E-state index is -0.421. The minimum absolute atomic E-state index is 0.0493. The van der Waals surface area contributed by atoms with E-state index >= 15 is 0 Å². The van der Waals surface area contributed by atoms with Crippen LogP contribution in [0.5, 0.6) is 0 Å². The quantitative estimate of drug-likeness (QED) is 0.671. The number of carbonyl (C=O) groups excluding carboxylic acids is 2. The number of amides is 1. The van der Waals surface area contributed by atoms with Crippen molar-refractivity contribution in [1.82, 2.24) is 4.90 Å². The summed E-state index contributed by atoms with van der Waals surface area (Å²) in [4.78, 5) is 29.2. The van der Waals surface area contributed by atoms with Gasteiger partial charge in [0.05, 0.1) is 5.92 Å². The van der Waals surface area contributed by atoms with Gasteiger partial charge in [-0.1, -0.05) is 55.8 Å². The highest BCUT2D eigenvalue weighted by atomic mass is 35.5. The average Bonchev–Trinajstić information content (AvgIpc) is 2.74. The first kappa shape index (κ1) is 21.2. The maximum absolute atomic E-state index is 12.7. The molecule has 1 saturated heterocycles. The summed E-state index contributed by atoms with van der Waals surface area (Å²) in [7, 11) is 0. The molecule has 1 aliphatic heterocycles. The molecule has 154 valence electrons. The van der Waals surface area contributed by atoms with Crippen molar-refractivity contribution in [2.45, 2.75) is 19.8 Å². The van der Waals surface area contributed by atoms with E-state index in [0.29, 0.717) is 18.1 Å². The molecule has 6 heteroatoms. The van der Waals surface area contributed by atoms with Crippen molar-refractivity contribution >= 4 is 29.2 Å². The van der Waals surface area contributed by atoms with Gasteiger partial charge in [-0.3, -0.25) is 9.59 Å². The van der Waals surface area contributed by atoms with Crippen molar-refractivity contribution in [2.24, 2.45) is 5.92 Å². The Labute approximate surface area is 177 Å². The molecule has 29 heavy (non-hydrogen) atoms. The Morgan fingerprint density at radius 3 is 2.17 bits per heavy atom. The third-order valence-corrected chi connectivity index (χ3v) is 5.49. The number of hydrogen-bond acceptors (Lipinski definition) is 4. The second-order valence-corrected chi connectivity index (χ2v) is 8.02. The van der Waals surface area contributed by atoms with E-state index in [1.54, 1.807) is 17.0 Å². The number of benzene rings is 2. The van der Waals surface area contributed by atoms with Gasteiger partial charge >= 0.3 is 5.97 Å². The predicted molar refractivity (Wildman–Crippen MR) is 115 cm³/mol. The molecular weight excluding hydrogens is 388 g/mol. The number of ether oxygens (including phenoxy) is 1. The van der Waals surface area contributed by atoms with Crippen molar-refractivity contribution < 1.29 is 14.3 Å². The topological polar surface area (TPSA) is 49.9 Å². The van der Waals surface area contributed by atoms with Crippen LogP contribution in [0, 0.1) is 5.92 Å². The maximum atomic E-state index is 12.7. The number of esters is 1. The average molecular weight is 415 g/mol. The number of halogens is 1. The van der Waals surface area contributed by atoms with Gasteiger partial charge < -0.3 is 14.5 Å². The standard InChI is InChI=1S/C23H27ClN2O3/c1-17(2)22(18-8-10-19(24)11-9-18)23(28)29-16-21(27)26-14-12-25(13-15-26)20-6-4-3-5-7-20/h3-11,17,22H,12-16H2,1-2H3/t22-/m1/s1. The third kappa shape index (κ3) is 5.51. The Balaban J connectivity index is 1.52. The van der Waals surface area contributed by atoms with Crippen LogP contribution in [-0.4, -0.2) is 49.6 Å². The van der Waals surface area contributed by atoms with Crippen LogP contribution in [0.4, 0.5) is 5.69 Å². The lowest BCUT2D eigenvalue weighted by molar-refractivity contribution is -0.154. The Morgan fingerprint density at radius 1 is 0.966 bits per heavy atom. The van der Waals surface area contributed by atoms with Crippen molar-refractivity contribution in [3.63, 3.8) is 0 Å². The summed E-state index contributed by atoms with van der Waals surface area (Å²) in [6.07, 6.45) is 0. The van der Waals surface area contributed by atoms with E-state index in [9.17, 15) is 9.59 Å². The molecule has 3 rings (SSSR count). The molecule has 2 aromatic carbocycles. The second kappa shape index (κ2) is 9.79. The van der Waals surface area contributed by atoms with Crippen LogP contribution in [0.3, 0.4) is 0 Å². The van der Waals surface area contributed by atoms with E-state index in [1.807, 2.05) is 44.2 Å². The SMILES string of the molecule is CC(C)[C@@H](C(=O)OCC(=O)N1CCN(c2ccccc2)CC1)c1ccc(Cl)cc1. The normalized spacial score (nSPS) is 15.3. The summed E-state index contributed by atoms with van der Waals surface area (Å²) >= 11 is 5.94. The highest BCUT2D eigenvalue weighted by Crippen LogP contribution is 2.27. The molecule has 0 aromatic heterocycles. The van der Waals surface area contributed by atoms with Gasteiger partial charge in [-0.25, -0.2) is 0 Å². The van der Waals surface area contributed by atoms with Crippen LogP contribution in [0.2, 0.25) is 5.02 Å². The fraction of sp³-hybridized carbons (Fsp3) is 0.391. The van der Waals surface area contributed by atoms with Gasteiger partial charge in [0.2, 0.25) is 0 Å². The second-order valence-electron chi connectivity index (χ2n) is 7.58. The van der Waals surface area contributed by atoms with Gasteiger partial charge in [0.25, 0.3) is 5.91 Å². The zero-order chi connectivity index (χ0) is 20.8. The van der Waals surface area contributed by atoms with Crippen molar-refractivity contribution in [3.8, 4) is 0 Å². The van der Waals surface area contributed by atoms with Gasteiger partial charge in [0, 0.05) is 36.9 Å². The van der Waals surface area contributed by atoms with Crippen LogP contribution < -0.4 is 4.90 Å². The molecule has 1 atom stereocenters. The lowest BCUT2D eigenvalue weighted by Crippen LogP contribution is -2.50. The third-order valence-electron chi connectivity index (χ3n) is 5.24. The number of para-hydroxylation sites is 1. The zero-order valence-corrected chi connectivity index (χ0v) is 17.6. The number of piperazine rings is 1. The van der Waals surface area contributed by atoms with Gasteiger partial charge in [0.15, 0.2) is 6.61 Å². The number of rotatable bonds is 6. The summed E-state index contributed by atoms with van der Waals surface area (Å²) in [6, 6.07) is 17.3. The van der Waals surface area contributed by atoms with E-state index in [1.165, 1.54) is 0 Å². The number of nitrogens with zero attached hydrogens (tertiary/aromatic N) is 2. The number of anilines is 1. The molecule has 0 saturated carbocycles. The summed E-state index contributed by atoms with van der Waals surface area (Å²) in [5.41, 5.74) is 2.01. The largest absolute Gasteiger partial charge is 0.455 e. The van der Waals surface area contributed by atoms with E-state index in [0.717, 1.165) is 24.3 Å². The molecule has 0 N–H and O–H groups in total. The van der Waals surface area contributed by atoms with Crippen molar-refractivity contribution in [3.05, 3.63) is 65.2 Å². The van der Waals surface area contributed by atoms with E-state index in [-0.39, 0.29) is 24.4 Å². The molecule has 5 nitrogen and oxygen atoms in total. The van der Waals surface area contributed by atoms with Crippen LogP contribution in [0.25, 0.3) is 0 Å². The van der Waals surface area contributed by atoms with Crippen molar-refractivity contribution in [1.29, 1.82) is 0 Å². The minimum Gasteiger partial charge on any atom is -0.455 e. The highest BCUT2D eigenvalue weighted by Gasteiger charge is 2.28. The van der Waals surface area contributed by atoms with Crippen LogP contribution >= 0.6 is 11.6 Å². The molecule has 0 aliphatic carbocycles. The monoisotopic (exact) mass is 414 g/mol. The first-order valence-corrected chi connectivity index (χ1v) is 10.3. The van der Waals surface area contributed by atoms with E-state index < -0.39 is 5.92 Å². The molecule has 1 heterocycles. The van der Waals surface area contributed by atoms with Crippen LogP contribution in [0.1, 0.15) is 25.3 Å². The molecule has 2 aromatic rings. The maximum Gasteiger partial charge on any atom is 0.314 e. The first-order valence-electron chi connectivity index (χ1n) is 9.95. The van der Waals surface area contributed by atoms with Crippen molar-refractivity contribution in [2.75, 3.05) is 37.7 Å². The molecule has 1 aliphatic rings. The molecule has 0 radical (unpaired) electrons. The molecule has 0 bridgehead atoms. The summed E-state index contributed by atoms with van der Waals surface area (Å²) in [5.74, 6) is -0.897. The smallest absolute Gasteiger partial charge is 0.314 e. The van der Waals surface area contributed by atoms with E-state index in [4.69, 9.17) is 16.3 Å². The van der Waals surface area contributed by atoms with E-state index in [2.05, 4.69) is 17.0 Å². The van der Waals surface area contributed by atoms with Gasteiger partial charge in [-0.15, -0.1) is 0 Å². The van der Waals surface area contributed by atoms with Gasteiger partial charge in [-0.05, 0) is 35.7 Å². The van der Waals surface area contributed by atoms with Gasteiger partial charge in [0.1, 0.15) is 0 Å². The summed E-state index contributed by atoms with van der Waals surface area (Å²) in [5, 5.41) is 0.620. The summed E-state index contributed by atoms with van der Waals surface area (Å²) < 4.78 is 5.40. The number of hydrogen-bond donors (Lipinski definition) is 0. The fourth-order valence-corrected chi connectivity index (χ4v) is 3.76. The van der Waals surface area contributed by atoms with Gasteiger partial charge in [-0.2, -0.15) is 0 Å². The molecule has 1 amide bonds. The fourth-order valence-electron chi connectivity index (χ4n) is 3.63. The number of carbonyl (C=O) groups is 2. The Morgan fingerprint density at radius 2 is 1.59 bits per heavy atom. The lowest BCUT2D eigenvalue weighted by Gasteiger charge is -2.36. The Bertz CT molecular complexity index is 816. The molecule has 0 spiro atoms. The first-order chi connectivity index (χ1) is 14.0. The Kier molecular flexibility index (Phi) is 7.15. The molecule has 0 unspecified atom stereocenters. The van der Waals surface area contributed by atoms with Crippen LogP contribution in [0.15, 0.2) is 54.6 Å². The zero-order valence-electron chi connectivity index (χ0n) is 16.9. The van der Waals surface area contributed by atoms with Crippen LogP contribution in [-0.2, 0) is 14.3 Å². The molecular formula is C23H27ClN2O3. The Hall–Kier alpha value is -2.53. The molecule has 1 fully saturated rings. The lowest BCUT2D eigenvalue weighted by atomic mass is 9.88. The summed E-state index contributed by atoms with van der Waals surface area (Å²) in [6.45, 7) is 6.48. The predicted octanol–water partition coefficient (Wildman–Crippen LogP) is 3.97.